The number of anilines is 1. The lowest BCUT2D eigenvalue weighted by Gasteiger charge is -2.28. The molecule has 0 spiro atoms. The lowest BCUT2D eigenvalue weighted by molar-refractivity contribution is 0.336. The molecule has 0 saturated heterocycles. The summed E-state index contributed by atoms with van der Waals surface area (Å²) in [5.74, 6) is 0.920. The van der Waals surface area contributed by atoms with E-state index in [1.165, 1.54) is 11.1 Å². The number of rotatable bonds is 6. The first-order valence-corrected chi connectivity index (χ1v) is 9.06. The van der Waals surface area contributed by atoms with Crippen LogP contribution in [-0.2, 0) is 6.54 Å². The van der Waals surface area contributed by atoms with Gasteiger partial charge in [-0.2, -0.15) is 5.10 Å². The van der Waals surface area contributed by atoms with Crippen LogP contribution in [0.4, 0.5) is 5.82 Å². The van der Waals surface area contributed by atoms with Crippen molar-refractivity contribution in [1.29, 1.82) is 0 Å². The van der Waals surface area contributed by atoms with Crippen molar-refractivity contribution in [3.63, 3.8) is 0 Å². The number of fused-ring (bicyclic) bond motifs is 1. The zero-order chi connectivity index (χ0) is 18.0. The van der Waals surface area contributed by atoms with E-state index in [1.54, 1.807) is 0 Å². The number of nitrogens with zero attached hydrogens (tertiary/aromatic N) is 3. The number of hydrogen-bond acceptors (Lipinski definition) is 5. The molecule has 6 nitrogen and oxygen atoms in total. The van der Waals surface area contributed by atoms with Crippen LogP contribution in [0, 0.1) is 0 Å². The molecule has 1 aromatic heterocycles. The van der Waals surface area contributed by atoms with E-state index in [2.05, 4.69) is 66.7 Å². The number of nitrogens with two attached hydrogens (primary N) is 2. The lowest BCUT2D eigenvalue weighted by Crippen LogP contribution is -2.26. The summed E-state index contributed by atoms with van der Waals surface area (Å²) < 4.78 is 1.98. The summed E-state index contributed by atoms with van der Waals surface area (Å²) >= 11 is 0. The van der Waals surface area contributed by atoms with Crippen LogP contribution in [0.15, 0.2) is 30.5 Å². The molecule has 2 unspecified atom stereocenters. The van der Waals surface area contributed by atoms with Crippen molar-refractivity contribution in [2.75, 3.05) is 25.5 Å². The van der Waals surface area contributed by atoms with Crippen LogP contribution in [-0.4, -0.2) is 34.8 Å². The topological polar surface area (TPSA) is 85.1 Å². The van der Waals surface area contributed by atoms with Crippen LogP contribution >= 0.6 is 0 Å². The molecule has 2 atom stereocenters. The zero-order valence-corrected chi connectivity index (χ0v) is 15.4. The summed E-state index contributed by atoms with van der Waals surface area (Å²) in [5, 5.41) is 8.25. The first kappa shape index (κ1) is 17.9. The highest BCUT2D eigenvalue weighted by Crippen LogP contribution is 2.37. The fourth-order valence-corrected chi connectivity index (χ4v) is 3.40. The van der Waals surface area contributed by atoms with Crippen molar-refractivity contribution in [3.05, 3.63) is 47.2 Å². The van der Waals surface area contributed by atoms with Crippen LogP contribution < -0.4 is 16.8 Å². The molecule has 2 aromatic rings. The van der Waals surface area contributed by atoms with Gasteiger partial charge >= 0.3 is 0 Å². The Bertz CT molecular complexity index is 708. The van der Waals surface area contributed by atoms with Crippen molar-refractivity contribution in [1.82, 2.24) is 14.7 Å². The third-order valence-corrected chi connectivity index (χ3v) is 4.81. The molecular formula is C19H30N6. The first-order chi connectivity index (χ1) is 12.0. The minimum Gasteiger partial charge on any atom is -0.361 e. The standard InChI is InChI=1S/C19H30N6/c1-13(2)25-12-16-17(21)10-18(22-19(16)23-25)15-6-4-5-14(9-15)11-24(3)8-7-20/h4-6,9,12-13,17-18H,7-8,10-11,20-21H2,1-3H3,(H,22,23). The van der Waals surface area contributed by atoms with E-state index in [9.17, 15) is 0 Å². The Kier molecular flexibility index (Phi) is 5.42. The third-order valence-electron chi connectivity index (χ3n) is 4.81. The van der Waals surface area contributed by atoms with Crippen LogP contribution in [0.25, 0.3) is 0 Å². The zero-order valence-electron chi connectivity index (χ0n) is 15.4. The highest BCUT2D eigenvalue weighted by Gasteiger charge is 2.28. The molecule has 0 aliphatic carbocycles. The lowest BCUT2D eigenvalue weighted by atomic mass is 9.92. The van der Waals surface area contributed by atoms with E-state index in [1.807, 2.05) is 4.68 Å². The molecule has 5 N–H and O–H groups in total. The third kappa shape index (κ3) is 4.03. The Morgan fingerprint density at radius 3 is 2.92 bits per heavy atom. The molecule has 0 fully saturated rings. The normalized spacial score (nSPS) is 20.0. The molecule has 1 aromatic carbocycles. The van der Waals surface area contributed by atoms with Gasteiger partial charge in [-0.15, -0.1) is 0 Å². The fourth-order valence-electron chi connectivity index (χ4n) is 3.40. The van der Waals surface area contributed by atoms with Crippen molar-refractivity contribution >= 4 is 5.82 Å². The van der Waals surface area contributed by atoms with Crippen molar-refractivity contribution in [3.8, 4) is 0 Å². The minimum atomic E-state index is 0.0114. The molecule has 1 aliphatic rings. The van der Waals surface area contributed by atoms with Gasteiger partial charge in [-0.05, 0) is 38.4 Å². The molecule has 0 amide bonds. The first-order valence-electron chi connectivity index (χ1n) is 9.06. The summed E-state index contributed by atoms with van der Waals surface area (Å²) in [4.78, 5) is 2.24. The average Bonchev–Trinajstić information content (AvgIpc) is 3.00. The summed E-state index contributed by atoms with van der Waals surface area (Å²) in [5.41, 5.74) is 15.7. The SMILES string of the molecule is CC(C)n1cc2c(n1)NC(c1cccc(CN(C)CCN)c1)CC2N. The maximum Gasteiger partial charge on any atom is 0.153 e. The van der Waals surface area contributed by atoms with Crippen molar-refractivity contribution in [2.45, 2.75) is 44.9 Å². The Morgan fingerprint density at radius 2 is 2.20 bits per heavy atom. The average molecular weight is 342 g/mol. The monoisotopic (exact) mass is 342 g/mol. The largest absolute Gasteiger partial charge is 0.361 e. The summed E-state index contributed by atoms with van der Waals surface area (Å²) in [6.07, 6.45) is 2.95. The van der Waals surface area contributed by atoms with E-state index in [4.69, 9.17) is 11.5 Å². The molecule has 2 heterocycles. The molecule has 0 bridgehead atoms. The number of nitrogens with one attached hydrogen (secondary N) is 1. The van der Waals surface area contributed by atoms with E-state index in [-0.39, 0.29) is 12.1 Å². The molecular weight excluding hydrogens is 312 g/mol. The van der Waals surface area contributed by atoms with Gasteiger partial charge in [-0.25, -0.2) is 0 Å². The molecule has 0 saturated carbocycles. The van der Waals surface area contributed by atoms with E-state index >= 15 is 0 Å². The Hall–Kier alpha value is -1.89. The molecule has 136 valence electrons. The molecule has 6 heteroatoms. The Labute approximate surface area is 150 Å². The van der Waals surface area contributed by atoms with Crippen LogP contribution in [0.3, 0.4) is 0 Å². The minimum absolute atomic E-state index is 0.0114. The van der Waals surface area contributed by atoms with E-state index in [0.29, 0.717) is 12.6 Å². The second kappa shape index (κ2) is 7.56. The second-order valence-electron chi connectivity index (χ2n) is 7.32. The Balaban J connectivity index is 1.78. The van der Waals surface area contributed by atoms with Crippen LogP contribution in [0.1, 0.15) is 55.1 Å². The van der Waals surface area contributed by atoms with Gasteiger partial charge in [-0.3, -0.25) is 4.68 Å². The highest BCUT2D eigenvalue weighted by molar-refractivity contribution is 5.50. The summed E-state index contributed by atoms with van der Waals surface area (Å²) in [7, 11) is 2.10. The highest BCUT2D eigenvalue weighted by atomic mass is 15.3. The summed E-state index contributed by atoms with van der Waals surface area (Å²) in [6, 6.07) is 9.26. The van der Waals surface area contributed by atoms with E-state index in [0.717, 1.165) is 30.9 Å². The van der Waals surface area contributed by atoms with Gasteiger partial charge in [0, 0.05) is 43.5 Å². The van der Waals surface area contributed by atoms with Crippen molar-refractivity contribution < 1.29 is 0 Å². The smallest absolute Gasteiger partial charge is 0.153 e. The van der Waals surface area contributed by atoms with Gasteiger partial charge in [0.1, 0.15) is 0 Å². The van der Waals surface area contributed by atoms with Crippen molar-refractivity contribution in [2.24, 2.45) is 11.5 Å². The molecule has 3 rings (SSSR count). The maximum atomic E-state index is 6.43. The maximum absolute atomic E-state index is 6.43. The number of aromatic nitrogens is 2. The fraction of sp³-hybridized carbons (Fsp3) is 0.526. The predicted octanol–water partition coefficient (Wildman–Crippen LogP) is 2.41. The molecule has 25 heavy (non-hydrogen) atoms. The number of hydrogen-bond donors (Lipinski definition) is 3. The van der Waals surface area contributed by atoms with Gasteiger partial charge < -0.3 is 21.7 Å². The Morgan fingerprint density at radius 1 is 1.40 bits per heavy atom. The molecule has 1 aliphatic heterocycles. The number of benzene rings is 1. The summed E-state index contributed by atoms with van der Waals surface area (Å²) in [6.45, 7) is 6.73. The van der Waals surface area contributed by atoms with Gasteiger partial charge in [0.05, 0.1) is 6.04 Å². The predicted molar refractivity (Wildman–Crippen MR) is 102 cm³/mol. The van der Waals surface area contributed by atoms with Gasteiger partial charge in [0.15, 0.2) is 5.82 Å². The van der Waals surface area contributed by atoms with E-state index < -0.39 is 0 Å². The quantitative estimate of drug-likeness (QED) is 0.751. The van der Waals surface area contributed by atoms with Gasteiger partial charge in [0.25, 0.3) is 0 Å². The number of likely N-dealkylation sites (N-methyl/N-ethyl adjacent to an activating group) is 1. The van der Waals surface area contributed by atoms with Gasteiger partial charge in [0.2, 0.25) is 0 Å². The van der Waals surface area contributed by atoms with Crippen LogP contribution in [0.5, 0.6) is 0 Å². The van der Waals surface area contributed by atoms with Gasteiger partial charge in [-0.1, -0.05) is 24.3 Å². The van der Waals surface area contributed by atoms with Crippen LogP contribution in [0.2, 0.25) is 0 Å². The second-order valence-corrected chi connectivity index (χ2v) is 7.32. The molecule has 0 radical (unpaired) electrons.